The summed E-state index contributed by atoms with van der Waals surface area (Å²) >= 11 is 0. The molecule has 0 unspecified atom stereocenters. The van der Waals surface area contributed by atoms with Gasteiger partial charge in [0.15, 0.2) is 5.78 Å². The Labute approximate surface area is 157 Å². The van der Waals surface area contributed by atoms with E-state index in [-0.39, 0.29) is 17.0 Å². The first-order chi connectivity index (χ1) is 12.9. The van der Waals surface area contributed by atoms with Crippen LogP contribution in [0.15, 0.2) is 64.9 Å². The maximum Gasteiger partial charge on any atom is 0.168 e. The number of para-hydroxylation sites is 3. The van der Waals surface area contributed by atoms with E-state index in [0.717, 1.165) is 22.4 Å². The second-order valence-electron chi connectivity index (χ2n) is 7.68. The molecule has 0 spiro atoms. The number of imidazole rings is 1. The van der Waals surface area contributed by atoms with Crippen LogP contribution >= 0.6 is 0 Å². The molecule has 5 heteroatoms. The fourth-order valence-corrected chi connectivity index (χ4v) is 3.45. The number of rotatable bonds is 3. The highest BCUT2D eigenvalue weighted by atomic mass is 16.3. The maximum absolute atomic E-state index is 12.4. The SMILES string of the molecule is CC1(C)CC(=O)C(C=Nc2ccccc2-c2nc3ccccc3[nH]2)=C(O)C1. The van der Waals surface area contributed by atoms with Gasteiger partial charge in [0.05, 0.1) is 22.3 Å². The number of aromatic nitrogens is 2. The van der Waals surface area contributed by atoms with Crippen molar-refractivity contribution in [3.05, 3.63) is 59.9 Å². The van der Waals surface area contributed by atoms with Gasteiger partial charge in [0.1, 0.15) is 11.6 Å². The van der Waals surface area contributed by atoms with Crippen molar-refractivity contribution in [3.8, 4) is 11.4 Å². The molecule has 1 heterocycles. The minimum absolute atomic E-state index is 0.0753. The molecule has 2 aromatic carbocycles. The van der Waals surface area contributed by atoms with Gasteiger partial charge < -0.3 is 10.1 Å². The summed E-state index contributed by atoms with van der Waals surface area (Å²) in [4.78, 5) is 24.8. The topological polar surface area (TPSA) is 78.3 Å². The summed E-state index contributed by atoms with van der Waals surface area (Å²) in [6.45, 7) is 3.96. The van der Waals surface area contributed by atoms with Crippen LogP contribution < -0.4 is 0 Å². The van der Waals surface area contributed by atoms with Gasteiger partial charge in [0, 0.05) is 24.6 Å². The van der Waals surface area contributed by atoms with E-state index in [2.05, 4.69) is 15.0 Å². The summed E-state index contributed by atoms with van der Waals surface area (Å²) in [5, 5.41) is 10.3. The van der Waals surface area contributed by atoms with Crippen molar-refractivity contribution in [2.75, 3.05) is 0 Å². The van der Waals surface area contributed by atoms with Gasteiger partial charge in [-0.1, -0.05) is 38.1 Å². The second kappa shape index (κ2) is 6.50. The van der Waals surface area contributed by atoms with Crippen LogP contribution in [0.2, 0.25) is 0 Å². The van der Waals surface area contributed by atoms with Crippen molar-refractivity contribution in [3.63, 3.8) is 0 Å². The molecule has 1 aliphatic carbocycles. The van der Waals surface area contributed by atoms with E-state index in [0.29, 0.717) is 24.1 Å². The van der Waals surface area contributed by atoms with Gasteiger partial charge in [0.25, 0.3) is 0 Å². The average molecular weight is 359 g/mol. The molecule has 0 radical (unpaired) electrons. The van der Waals surface area contributed by atoms with Crippen LogP contribution in [0.25, 0.3) is 22.4 Å². The number of benzene rings is 2. The zero-order valence-electron chi connectivity index (χ0n) is 15.4. The molecule has 2 N–H and O–H groups in total. The van der Waals surface area contributed by atoms with Crippen molar-refractivity contribution in [2.45, 2.75) is 26.7 Å². The third-order valence-electron chi connectivity index (χ3n) is 4.78. The molecule has 1 aliphatic rings. The smallest absolute Gasteiger partial charge is 0.168 e. The molecular weight excluding hydrogens is 338 g/mol. The van der Waals surface area contributed by atoms with Crippen molar-refractivity contribution in [1.29, 1.82) is 0 Å². The van der Waals surface area contributed by atoms with Gasteiger partial charge in [-0.25, -0.2) is 4.98 Å². The number of nitrogens with one attached hydrogen (secondary N) is 1. The van der Waals surface area contributed by atoms with E-state index in [9.17, 15) is 9.90 Å². The number of aliphatic hydroxyl groups excluding tert-OH is 1. The van der Waals surface area contributed by atoms with Gasteiger partial charge in [-0.2, -0.15) is 0 Å². The van der Waals surface area contributed by atoms with Gasteiger partial charge in [0.2, 0.25) is 0 Å². The first-order valence-corrected chi connectivity index (χ1v) is 8.96. The first kappa shape index (κ1) is 17.2. The number of Topliss-reactive ketones (excluding diaryl/α,β-unsaturated/α-hetero) is 1. The first-order valence-electron chi connectivity index (χ1n) is 8.96. The number of aliphatic hydroxyl groups is 1. The number of H-pyrrole nitrogens is 1. The lowest BCUT2D eigenvalue weighted by molar-refractivity contribution is -0.117. The van der Waals surface area contributed by atoms with Crippen LogP contribution in [0.3, 0.4) is 0 Å². The minimum Gasteiger partial charge on any atom is -0.511 e. The minimum atomic E-state index is -0.218. The Morgan fingerprint density at radius 3 is 2.63 bits per heavy atom. The highest BCUT2D eigenvalue weighted by molar-refractivity contribution is 6.15. The van der Waals surface area contributed by atoms with E-state index in [1.165, 1.54) is 6.21 Å². The number of carbonyl (C=O) groups excluding carboxylic acids is 1. The summed E-state index contributed by atoms with van der Waals surface area (Å²) in [5.74, 6) is 0.758. The molecule has 0 aliphatic heterocycles. The van der Waals surface area contributed by atoms with E-state index in [4.69, 9.17) is 0 Å². The number of nitrogens with zero attached hydrogens (tertiary/aromatic N) is 2. The maximum atomic E-state index is 12.4. The molecule has 0 saturated heterocycles. The lowest BCUT2D eigenvalue weighted by atomic mass is 9.77. The number of aromatic amines is 1. The Kier molecular flexibility index (Phi) is 4.15. The normalized spacial score (nSPS) is 17.2. The highest BCUT2D eigenvalue weighted by Gasteiger charge is 2.32. The predicted octanol–water partition coefficient (Wildman–Crippen LogP) is 5.13. The van der Waals surface area contributed by atoms with Crippen LogP contribution in [-0.2, 0) is 4.79 Å². The van der Waals surface area contributed by atoms with Crippen LogP contribution in [0.5, 0.6) is 0 Å². The number of hydrogen-bond donors (Lipinski definition) is 2. The van der Waals surface area contributed by atoms with E-state index < -0.39 is 0 Å². The molecular formula is C22H21N3O2. The van der Waals surface area contributed by atoms with Crippen molar-refractivity contribution in [1.82, 2.24) is 9.97 Å². The van der Waals surface area contributed by atoms with Gasteiger partial charge in [-0.3, -0.25) is 9.79 Å². The molecule has 0 bridgehead atoms. The molecule has 27 heavy (non-hydrogen) atoms. The average Bonchev–Trinajstić information content (AvgIpc) is 3.04. The second-order valence-corrected chi connectivity index (χ2v) is 7.68. The summed E-state index contributed by atoms with van der Waals surface area (Å²) < 4.78 is 0. The summed E-state index contributed by atoms with van der Waals surface area (Å²) in [6.07, 6.45) is 2.36. The zero-order chi connectivity index (χ0) is 19.0. The molecule has 1 aromatic heterocycles. The number of fused-ring (bicyclic) bond motifs is 1. The number of aliphatic imine (C=N–C) groups is 1. The van der Waals surface area contributed by atoms with Crippen molar-refractivity contribution >= 4 is 28.7 Å². The standard InChI is InChI=1S/C22H21N3O2/c1-22(2)11-19(26)15(20(27)12-22)13-23-16-8-4-3-7-14(16)21-24-17-9-5-6-10-18(17)25-21/h3-10,13,26H,11-12H2,1-2H3,(H,24,25). The predicted molar refractivity (Wildman–Crippen MR) is 107 cm³/mol. The molecule has 0 saturated carbocycles. The Hall–Kier alpha value is -3.21. The quantitative estimate of drug-likeness (QED) is 0.636. The molecule has 136 valence electrons. The van der Waals surface area contributed by atoms with E-state index >= 15 is 0 Å². The fraction of sp³-hybridized carbons (Fsp3) is 0.227. The molecule has 0 fully saturated rings. The van der Waals surface area contributed by atoms with E-state index in [1.54, 1.807) is 0 Å². The van der Waals surface area contributed by atoms with Crippen LogP contribution in [0, 0.1) is 5.41 Å². The third-order valence-corrected chi connectivity index (χ3v) is 4.78. The monoisotopic (exact) mass is 359 g/mol. The zero-order valence-corrected chi connectivity index (χ0v) is 15.4. The molecule has 5 nitrogen and oxygen atoms in total. The molecule has 4 rings (SSSR count). The summed E-state index contributed by atoms with van der Waals surface area (Å²) in [7, 11) is 0. The van der Waals surface area contributed by atoms with E-state index in [1.807, 2.05) is 62.4 Å². The summed E-state index contributed by atoms with van der Waals surface area (Å²) in [6, 6.07) is 15.4. The molecule has 0 atom stereocenters. The number of hydrogen-bond acceptors (Lipinski definition) is 4. The molecule has 3 aromatic rings. The number of allylic oxidation sites excluding steroid dienone is 2. The van der Waals surface area contributed by atoms with Crippen LogP contribution in [0.4, 0.5) is 5.69 Å². The van der Waals surface area contributed by atoms with Gasteiger partial charge >= 0.3 is 0 Å². The van der Waals surface area contributed by atoms with Crippen molar-refractivity contribution in [2.24, 2.45) is 10.4 Å². The van der Waals surface area contributed by atoms with Gasteiger partial charge in [-0.05, 0) is 29.7 Å². The lowest BCUT2D eigenvalue weighted by Gasteiger charge is -2.28. The largest absolute Gasteiger partial charge is 0.511 e. The van der Waals surface area contributed by atoms with Crippen molar-refractivity contribution < 1.29 is 9.90 Å². The Balaban J connectivity index is 1.72. The summed E-state index contributed by atoms with van der Waals surface area (Å²) in [5.41, 5.74) is 3.45. The lowest BCUT2D eigenvalue weighted by Crippen LogP contribution is -2.26. The Morgan fingerprint density at radius 1 is 1.11 bits per heavy atom. The van der Waals surface area contributed by atoms with Gasteiger partial charge in [-0.15, -0.1) is 0 Å². The van der Waals surface area contributed by atoms with Crippen LogP contribution in [0.1, 0.15) is 26.7 Å². The van der Waals surface area contributed by atoms with Crippen LogP contribution in [-0.4, -0.2) is 27.1 Å². The number of carbonyl (C=O) groups is 1. The highest BCUT2D eigenvalue weighted by Crippen LogP contribution is 2.36. The Bertz CT molecular complexity index is 1060. The number of ketones is 1. The molecule has 0 amide bonds. The fourth-order valence-electron chi connectivity index (χ4n) is 3.45. The Morgan fingerprint density at radius 2 is 1.85 bits per heavy atom. The third kappa shape index (κ3) is 3.40.